The lowest BCUT2D eigenvalue weighted by atomic mass is 9.93. The molecule has 1 fully saturated rings. The second-order valence-electron chi connectivity index (χ2n) is 5.01. The third-order valence-electron chi connectivity index (χ3n) is 3.78. The van der Waals surface area contributed by atoms with Crippen LogP contribution in [0.1, 0.15) is 25.8 Å². The Labute approximate surface area is 98.7 Å². The van der Waals surface area contributed by atoms with Gasteiger partial charge in [-0.3, -0.25) is 0 Å². The van der Waals surface area contributed by atoms with Crippen LogP contribution in [0.2, 0.25) is 0 Å². The van der Waals surface area contributed by atoms with E-state index in [2.05, 4.69) is 55.3 Å². The molecule has 2 rings (SSSR count). The highest BCUT2D eigenvalue weighted by molar-refractivity contribution is 5.50. The number of nitrogens with one attached hydrogen (secondary N) is 1. The van der Waals surface area contributed by atoms with Gasteiger partial charge in [0.1, 0.15) is 0 Å². The van der Waals surface area contributed by atoms with E-state index < -0.39 is 0 Å². The maximum Gasteiger partial charge on any atom is 0.0496 e. The molecule has 0 aromatic heterocycles. The summed E-state index contributed by atoms with van der Waals surface area (Å²) in [6.07, 6.45) is 1.17. The SMILES string of the molecule is CCC1(C)CNCCN1c1ccc(C)cc1. The van der Waals surface area contributed by atoms with Crippen LogP contribution in [-0.4, -0.2) is 25.2 Å². The molecule has 1 aromatic rings. The van der Waals surface area contributed by atoms with Crippen LogP contribution in [0, 0.1) is 6.92 Å². The highest BCUT2D eigenvalue weighted by Gasteiger charge is 2.32. The molecule has 1 atom stereocenters. The van der Waals surface area contributed by atoms with E-state index in [1.807, 2.05) is 0 Å². The summed E-state index contributed by atoms with van der Waals surface area (Å²) in [4.78, 5) is 2.54. The fourth-order valence-electron chi connectivity index (χ4n) is 2.40. The fraction of sp³-hybridized carbons (Fsp3) is 0.571. The Kier molecular flexibility index (Phi) is 3.20. The summed E-state index contributed by atoms with van der Waals surface area (Å²) in [5.41, 5.74) is 2.95. The Bertz CT molecular complexity index is 344. The van der Waals surface area contributed by atoms with Crippen molar-refractivity contribution < 1.29 is 0 Å². The van der Waals surface area contributed by atoms with Crippen LogP contribution in [0.15, 0.2) is 24.3 Å². The topological polar surface area (TPSA) is 15.3 Å². The Balaban J connectivity index is 2.26. The number of hydrogen-bond acceptors (Lipinski definition) is 2. The molecule has 1 heterocycles. The average Bonchev–Trinajstić information content (AvgIpc) is 2.31. The standard InChI is InChI=1S/C14H22N2/c1-4-14(3)11-15-9-10-16(14)13-7-5-12(2)6-8-13/h5-8,15H,4,9-11H2,1-3H3. The number of piperazine rings is 1. The van der Waals surface area contributed by atoms with Gasteiger partial charge in [0, 0.05) is 30.9 Å². The van der Waals surface area contributed by atoms with E-state index in [4.69, 9.17) is 0 Å². The fourth-order valence-corrected chi connectivity index (χ4v) is 2.40. The van der Waals surface area contributed by atoms with Gasteiger partial charge in [-0.2, -0.15) is 0 Å². The molecule has 1 aliphatic heterocycles. The molecule has 0 aliphatic carbocycles. The van der Waals surface area contributed by atoms with Crippen molar-refractivity contribution in [2.75, 3.05) is 24.5 Å². The number of anilines is 1. The van der Waals surface area contributed by atoms with Crippen LogP contribution in [0.5, 0.6) is 0 Å². The van der Waals surface area contributed by atoms with Gasteiger partial charge in [-0.25, -0.2) is 0 Å². The van der Waals surface area contributed by atoms with E-state index in [0.717, 1.165) is 19.6 Å². The third-order valence-corrected chi connectivity index (χ3v) is 3.78. The smallest absolute Gasteiger partial charge is 0.0496 e. The van der Waals surface area contributed by atoms with Crippen LogP contribution < -0.4 is 10.2 Å². The molecule has 0 spiro atoms. The molecule has 88 valence electrons. The van der Waals surface area contributed by atoms with Crippen molar-refractivity contribution in [1.29, 1.82) is 0 Å². The molecule has 2 heteroatoms. The van der Waals surface area contributed by atoms with Crippen LogP contribution in [0.25, 0.3) is 0 Å². The highest BCUT2D eigenvalue weighted by atomic mass is 15.3. The van der Waals surface area contributed by atoms with Crippen molar-refractivity contribution in [3.63, 3.8) is 0 Å². The molecule has 1 aliphatic rings. The van der Waals surface area contributed by atoms with Crippen molar-refractivity contribution in [3.8, 4) is 0 Å². The van der Waals surface area contributed by atoms with E-state index in [1.54, 1.807) is 0 Å². The van der Waals surface area contributed by atoms with Crippen molar-refractivity contribution in [3.05, 3.63) is 29.8 Å². The average molecular weight is 218 g/mol. The van der Waals surface area contributed by atoms with Gasteiger partial charge in [0.25, 0.3) is 0 Å². The molecule has 1 aromatic carbocycles. The minimum absolute atomic E-state index is 0.257. The van der Waals surface area contributed by atoms with Crippen molar-refractivity contribution in [1.82, 2.24) is 5.32 Å². The lowest BCUT2D eigenvalue weighted by Crippen LogP contribution is -2.59. The molecule has 1 unspecified atom stereocenters. The zero-order chi connectivity index (χ0) is 11.6. The Morgan fingerprint density at radius 3 is 2.62 bits per heavy atom. The Hall–Kier alpha value is -1.02. The van der Waals surface area contributed by atoms with E-state index in [9.17, 15) is 0 Å². The molecule has 1 saturated heterocycles. The van der Waals surface area contributed by atoms with Crippen LogP contribution in [-0.2, 0) is 0 Å². The van der Waals surface area contributed by atoms with Crippen LogP contribution >= 0.6 is 0 Å². The first-order chi connectivity index (χ1) is 7.65. The zero-order valence-corrected chi connectivity index (χ0v) is 10.6. The summed E-state index contributed by atoms with van der Waals surface area (Å²) in [6.45, 7) is 10.0. The highest BCUT2D eigenvalue weighted by Crippen LogP contribution is 2.28. The molecular formula is C14H22N2. The summed E-state index contributed by atoms with van der Waals surface area (Å²) in [5.74, 6) is 0. The number of benzene rings is 1. The number of hydrogen-bond donors (Lipinski definition) is 1. The number of aryl methyl sites for hydroxylation is 1. The van der Waals surface area contributed by atoms with Gasteiger partial charge < -0.3 is 10.2 Å². The van der Waals surface area contributed by atoms with Gasteiger partial charge in [-0.1, -0.05) is 24.6 Å². The molecule has 2 nitrogen and oxygen atoms in total. The molecule has 0 bridgehead atoms. The zero-order valence-electron chi connectivity index (χ0n) is 10.6. The summed E-state index contributed by atoms with van der Waals surface area (Å²) in [6, 6.07) is 8.89. The van der Waals surface area contributed by atoms with Crippen molar-refractivity contribution in [2.45, 2.75) is 32.7 Å². The minimum Gasteiger partial charge on any atom is -0.364 e. The van der Waals surface area contributed by atoms with Gasteiger partial charge >= 0.3 is 0 Å². The molecule has 0 radical (unpaired) electrons. The monoisotopic (exact) mass is 218 g/mol. The lowest BCUT2D eigenvalue weighted by Gasteiger charge is -2.46. The quantitative estimate of drug-likeness (QED) is 0.820. The predicted molar refractivity (Wildman–Crippen MR) is 70.1 cm³/mol. The molecular weight excluding hydrogens is 196 g/mol. The second kappa shape index (κ2) is 4.46. The minimum atomic E-state index is 0.257. The maximum absolute atomic E-state index is 3.50. The first-order valence-corrected chi connectivity index (χ1v) is 6.21. The summed E-state index contributed by atoms with van der Waals surface area (Å²) in [7, 11) is 0. The molecule has 0 saturated carbocycles. The summed E-state index contributed by atoms with van der Waals surface area (Å²) >= 11 is 0. The number of nitrogens with zero attached hydrogens (tertiary/aromatic N) is 1. The van der Waals surface area contributed by atoms with Crippen LogP contribution in [0.4, 0.5) is 5.69 Å². The normalized spacial score (nSPS) is 25.8. The third kappa shape index (κ3) is 2.07. The lowest BCUT2D eigenvalue weighted by molar-refractivity contribution is 0.342. The van der Waals surface area contributed by atoms with Gasteiger partial charge in [-0.05, 0) is 32.4 Å². The van der Waals surface area contributed by atoms with Gasteiger partial charge in [0.15, 0.2) is 0 Å². The molecule has 0 amide bonds. The van der Waals surface area contributed by atoms with Crippen LogP contribution in [0.3, 0.4) is 0 Å². The largest absolute Gasteiger partial charge is 0.364 e. The molecule has 16 heavy (non-hydrogen) atoms. The van der Waals surface area contributed by atoms with E-state index in [-0.39, 0.29) is 5.54 Å². The van der Waals surface area contributed by atoms with E-state index in [1.165, 1.54) is 17.7 Å². The van der Waals surface area contributed by atoms with E-state index >= 15 is 0 Å². The Morgan fingerprint density at radius 1 is 1.31 bits per heavy atom. The summed E-state index contributed by atoms with van der Waals surface area (Å²) in [5, 5.41) is 3.50. The predicted octanol–water partition coefficient (Wildman–Crippen LogP) is 2.57. The van der Waals surface area contributed by atoms with E-state index in [0.29, 0.717) is 0 Å². The number of rotatable bonds is 2. The van der Waals surface area contributed by atoms with Crippen molar-refractivity contribution in [2.24, 2.45) is 0 Å². The first-order valence-electron chi connectivity index (χ1n) is 6.21. The van der Waals surface area contributed by atoms with Gasteiger partial charge in [-0.15, -0.1) is 0 Å². The van der Waals surface area contributed by atoms with Crippen molar-refractivity contribution >= 4 is 5.69 Å². The molecule has 1 N–H and O–H groups in total. The Morgan fingerprint density at radius 2 is 2.00 bits per heavy atom. The second-order valence-corrected chi connectivity index (χ2v) is 5.01. The maximum atomic E-state index is 3.50. The van der Waals surface area contributed by atoms with Gasteiger partial charge in [0.2, 0.25) is 0 Å². The first kappa shape index (κ1) is 11.5. The summed E-state index contributed by atoms with van der Waals surface area (Å²) < 4.78 is 0. The van der Waals surface area contributed by atoms with Gasteiger partial charge in [0.05, 0.1) is 0 Å².